The molecule has 1 aliphatic heterocycles. The number of rotatable bonds is 3. The molecule has 0 bridgehead atoms. The van der Waals surface area contributed by atoms with Crippen LogP contribution in [0.5, 0.6) is 0 Å². The second-order valence-corrected chi connectivity index (χ2v) is 5.65. The van der Waals surface area contributed by atoms with Gasteiger partial charge in [0.25, 0.3) is 0 Å². The Hall–Kier alpha value is -1.89. The highest BCUT2D eigenvalue weighted by molar-refractivity contribution is 5.89. The van der Waals surface area contributed by atoms with Crippen LogP contribution in [0.3, 0.4) is 0 Å². The topological polar surface area (TPSA) is 12.4 Å². The molecule has 1 heterocycles. The molecular weight excluding hydrogens is 230 g/mol. The molecule has 0 aliphatic carbocycles. The molecule has 3 rings (SSSR count). The van der Waals surface area contributed by atoms with Crippen molar-refractivity contribution in [2.45, 2.75) is 25.2 Å². The van der Waals surface area contributed by atoms with E-state index in [1.807, 2.05) is 0 Å². The van der Waals surface area contributed by atoms with E-state index in [4.69, 9.17) is 4.99 Å². The molecule has 1 atom stereocenters. The first kappa shape index (κ1) is 12.2. The second-order valence-electron chi connectivity index (χ2n) is 5.65. The number of hydrogen-bond donors (Lipinski definition) is 0. The van der Waals surface area contributed by atoms with Crippen molar-refractivity contribution in [2.75, 3.05) is 6.54 Å². The van der Waals surface area contributed by atoms with Crippen molar-refractivity contribution >= 4 is 5.71 Å². The molecule has 19 heavy (non-hydrogen) atoms. The van der Waals surface area contributed by atoms with Gasteiger partial charge in [-0.05, 0) is 17.5 Å². The van der Waals surface area contributed by atoms with Crippen LogP contribution in [0, 0.1) is 0 Å². The molecule has 0 amide bonds. The van der Waals surface area contributed by atoms with Crippen molar-refractivity contribution in [3.63, 3.8) is 0 Å². The highest BCUT2D eigenvalue weighted by atomic mass is 14.8. The summed E-state index contributed by atoms with van der Waals surface area (Å²) in [4.78, 5) is 4.78. The quantitative estimate of drug-likeness (QED) is 0.778. The lowest BCUT2D eigenvalue weighted by Gasteiger charge is -2.23. The Morgan fingerprint density at radius 1 is 0.947 bits per heavy atom. The van der Waals surface area contributed by atoms with Crippen LogP contribution in [0.1, 0.15) is 24.5 Å². The molecule has 96 valence electrons. The summed E-state index contributed by atoms with van der Waals surface area (Å²) < 4.78 is 0. The van der Waals surface area contributed by atoms with E-state index in [0.717, 1.165) is 19.4 Å². The van der Waals surface area contributed by atoms with Crippen LogP contribution in [0.25, 0.3) is 0 Å². The number of hydrogen-bond acceptors (Lipinski definition) is 1. The fraction of sp³-hybridized carbons (Fsp3) is 0.278. The average molecular weight is 249 g/mol. The molecule has 1 aliphatic rings. The van der Waals surface area contributed by atoms with Crippen LogP contribution in [0.2, 0.25) is 0 Å². The molecule has 0 saturated heterocycles. The van der Waals surface area contributed by atoms with Gasteiger partial charge >= 0.3 is 0 Å². The van der Waals surface area contributed by atoms with Gasteiger partial charge in [-0.3, -0.25) is 4.99 Å². The molecule has 1 unspecified atom stereocenters. The number of nitrogens with zero attached hydrogens (tertiary/aromatic N) is 1. The molecule has 0 aromatic heterocycles. The predicted octanol–water partition coefficient (Wildman–Crippen LogP) is 4.03. The Labute approximate surface area is 115 Å². The maximum absolute atomic E-state index is 4.78. The zero-order valence-corrected chi connectivity index (χ0v) is 11.3. The normalized spacial score (nSPS) is 22.3. The first-order chi connectivity index (χ1) is 9.26. The van der Waals surface area contributed by atoms with E-state index in [9.17, 15) is 0 Å². The minimum atomic E-state index is 0.186. The molecule has 1 nitrogen and oxygen atoms in total. The molecule has 1 heteroatoms. The molecule has 2 aromatic rings. The fourth-order valence-electron chi connectivity index (χ4n) is 2.83. The van der Waals surface area contributed by atoms with Gasteiger partial charge in [-0.25, -0.2) is 0 Å². The molecule has 0 fully saturated rings. The van der Waals surface area contributed by atoms with E-state index < -0.39 is 0 Å². The number of benzene rings is 2. The van der Waals surface area contributed by atoms with Crippen LogP contribution in [0.4, 0.5) is 0 Å². The Bertz CT molecular complexity index is 571. The Morgan fingerprint density at radius 2 is 1.58 bits per heavy atom. The fourth-order valence-corrected chi connectivity index (χ4v) is 2.83. The van der Waals surface area contributed by atoms with Crippen molar-refractivity contribution in [3.8, 4) is 0 Å². The van der Waals surface area contributed by atoms with E-state index in [-0.39, 0.29) is 5.41 Å². The van der Waals surface area contributed by atoms with Crippen molar-refractivity contribution in [1.29, 1.82) is 0 Å². The van der Waals surface area contributed by atoms with Gasteiger partial charge in [-0.1, -0.05) is 67.6 Å². The first-order valence-electron chi connectivity index (χ1n) is 6.88. The van der Waals surface area contributed by atoms with E-state index in [2.05, 4.69) is 67.6 Å². The van der Waals surface area contributed by atoms with Crippen LogP contribution >= 0.6 is 0 Å². The molecule has 2 aromatic carbocycles. The SMILES string of the molecule is CC1(c2ccccc2)CN=C(Cc2ccccc2)C1. The highest BCUT2D eigenvalue weighted by Gasteiger charge is 2.32. The summed E-state index contributed by atoms with van der Waals surface area (Å²) in [6, 6.07) is 21.4. The van der Waals surface area contributed by atoms with E-state index in [1.54, 1.807) is 0 Å². The van der Waals surface area contributed by atoms with Crippen LogP contribution in [-0.4, -0.2) is 12.3 Å². The Kier molecular flexibility index (Phi) is 3.20. The summed E-state index contributed by atoms with van der Waals surface area (Å²) in [5, 5.41) is 0. The van der Waals surface area contributed by atoms with Gasteiger partial charge in [-0.15, -0.1) is 0 Å². The Morgan fingerprint density at radius 3 is 2.26 bits per heavy atom. The third-order valence-electron chi connectivity index (χ3n) is 3.97. The van der Waals surface area contributed by atoms with Gasteiger partial charge in [0.2, 0.25) is 0 Å². The Balaban J connectivity index is 1.73. The van der Waals surface area contributed by atoms with Gasteiger partial charge in [0.1, 0.15) is 0 Å². The van der Waals surface area contributed by atoms with Gasteiger partial charge < -0.3 is 0 Å². The lowest BCUT2D eigenvalue weighted by atomic mass is 9.79. The zero-order chi connectivity index (χ0) is 13.1. The molecule has 0 radical (unpaired) electrons. The van der Waals surface area contributed by atoms with E-state index >= 15 is 0 Å². The van der Waals surface area contributed by atoms with Crippen molar-refractivity contribution < 1.29 is 0 Å². The lowest BCUT2D eigenvalue weighted by molar-refractivity contribution is 0.535. The van der Waals surface area contributed by atoms with Crippen LogP contribution < -0.4 is 0 Å². The third kappa shape index (κ3) is 2.60. The predicted molar refractivity (Wildman–Crippen MR) is 80.9 cm³/mol. The maximum Gasteiger partial charge on any atom is 0.0486 e. The van der Waals surface area contributed by atoms with Gasteiger partial charge in [0.15, 0.2) is 0 Å². The number of aliphatic imine (C=N–C) groups is 1. The average Bonchev–Trinajstić information content (AvgIpc) is 2.84. The smallest absolute Gasteiger partial charge is 0.0486 e. The van der Waals surface area contributed by atoms with Gasteiger partial charge in [0.05, 0.1) is 0 Å². The summed E-state index contributed by atoms with van der Waals surface area (Å²) in [5.41, 5.74) is 4.28. The third-order valence-corrected chi connectivity index (χ3v) is 3.97. The van der Waals surface area contributed by atoms with Gasteiger partial charge in [-0.2, -0.15) is 0 Å². The summed E-state index contributed by atoms with van der Waals surface area (Å²) in [6.07, 6.45) is 2.06. The van der Waals surface area contributed by atoms with E-state index in [1.165, 1.54) is 16.8 Å². The van der Waals surface area contributed by atoms with Gasteiger partial charge in [0, 0.05) is 24.1 Å². The summed E-state index contributed by atoms with van der Waals surface area (Å²) in [7, 11) is 0. The summed E-state index contributed by atoms with van der Waals surface area (Å²) in [5.74, 6) is 0. The van der Waals surface area contributed by atoms with Crippen molar-refractivity contribution in [3.05, 3.63) is 71.8 Å². The minimum absolute atomic E-state index is 0.186. The largest absolute Gasteiger partial charge is 0.293 e. The van der Waals surface area contributed by atoms with Crippen molar-refractivity contribution in [1.82, 2.24) is 0 Å². The summed E-state index contributed by atoms with van der Waals surface area (Å²) >= 11 is 0. The minimum Gasteiger partial charge on any atom is -0.293 e. The zero-order valence-electron chi connectivity index (χ0n) is 11.3. The summed E-state index contributed by atoms with van der Waals surface area (Å²) in [6.45, 7) is 3.24. The molecular formula is C18H19N. The highest BCUT2D eigenvalue weighted by Crippen LogP contribution is 2.33. The standard InChI is InChI=1S/C18H19N/c1-18(16-10-6-3-7-11-16)13-17(19-14-18)12-15-8-4-2-5-9-15/h2-11H,12-14H2,1H3. The maximum atomic E-state index is 4.78. The molecule has 0 saturated carbocycles. The van der Waals surface area contributed by atoms with Crippen molar-refractivity contribution in [2.24, 2.45) is 4.99 Å². The van der Waals surface area contributed by atoms with Crippen LogP contribution in [-0.2, 0) is 11.8 Å². The van der Waals surface area contributed by atoms with E-state index in [0.29, 0.717) is 0 Å². The van der Waals surface area contributed by atoms with Crippen LogP contribution in [0.15, 0.2) is 65.7 Å². The monoisotopic (exact) mass is 249 g/mol. The lowest BCUT2D eigenvalue weighted by Crippen LogP contribution is -2.23. The molecule has 0 spiro atoms. The first-order valence-corrected chi connectivity index (χ1v) is 6.88. The molecule has 0 N–H and O–H groups in total. The second kappa shape index (κ2) is 5.00.